The molecule has 190 valence electrons. The Morgan fingerprint density at radius 3 is 2.56 bits per heavy atom. The molecule has 0 aliphatic rings. The number of aromatic nitrogens is 3. The Hall–Kier alpha value is -3.24. The first kappa shape index (κ1) is 25.8. The Morgan fingerprint density at radius 2 is 1.89 bits per heavy atom. The van der Waals surface area contributed by atoms with Crippen LogP contribution in [0.3, 0.4) is 0 Å². The van der Waals surface area contributed by atoms with Gasteiger partial charge in [0.1, 0.15) is 11.3 Å². The van der Waals surface area contributed by atoms with E-state index in [1.807, 2.05) is 49.7 Å². The van der Waals surface area contributed by atoms with E-state index in [9.17, 15) is 13.2 Å². The third kappa shape index (κ3) is 5.15. The standard InChI is InChI=1S/C26H30N4O4S2/c1-6-34-22-11-8-12-23-24(22)27-26(35-23)29(13-14-30-19(5)15-18(4)28-30)25(31)20-9-7-10-21(16-20)36(32,33)17(2)3/h7-12,15-17H,6,13-14H2,1-5H3. The SMILES string of the molecule is CCOc1cccc2sc(N(CCn3nc(C)cc3C)C(=O)c3cccc(S(=O)(=O)C(C)C)c3)nc12. The number of hydrogen-bond donors (Lipinski definition) is 0. The van der Waals surface area contributed by atoms with Crippen molar-refractivity contribution >= 4 is 42.4 Å². The van der Waals surface area contributed by atoms with Gasteiger partial charge in [-0.3, -0.25) is 14.4 Å². The third-order valence-corrected chi connectivity index (χ3v) is 9.01. The molecule has 2 heterocycles. The molecule has 0 unspecified atom stereocenters. The summed E-state index contributed by atoms with van der Waals surface area (Å²) in [7, 11) is -3.53. The van der Waals surface area contributed by atoms with Crippen LogP contribution in [-0.4, -0.2) is 47.5 Å². The lowest BCUT2D eigenvalue weighted by Gasteiger charge is -2.21. The molecule has 0 saturated heterocycles. The van der Waals surface area contributed by atoms with E-state index in [4.69, 9.17) is 9.72 Å². The lowest BCUT2D eigenvalue weighted by molar-refractivity contribution is 0.0985. The monoisotopic (exact) mass is 526 g/mol. The zero-order chi connectivity index (χ0) is 26.0. The molecule has 0 fully saturated rings. The first-order chi connectivity index (χ1) is 17.1. The van der Waals surface area contributed by atoms with E-state index in [0.29, 0.717) is 36.1 Å². The van der Waals surface area contributed by atoms with Crippen LogP contribution in [0.15, 0.2) is 53.4 Å². The van der Waals surface area contributed by atoms with E-state index in [1.165, 1.54) is 23.5 Å². The quantitative estimate of drug-likeness (QED) is 0.303. The molecule has 0 spiro atoms. The maximum atomic E-state index is 13.8. The Labute approximate surface area is 215 Å². The molecule has 0 aliphatic heterocycles. The average Bonchev–Trinajstić information content (AvgIpc) is 3.42. The van der Waals surface area contributed by atoms with Crippen LogP contribution in [0.2, 0.25) is 0 Å². The molecule has 4 aromatic rings. The lowest BCUT2D eigenvalue weighted by atomic mass is 10.2. The second-order valence-corrected chi connectivity index (χ2v) is 12.3. The third-order valence-electron chi connectivity index (χ3n) is 5.82. The van der Waals surface area contributed by atoms with Gasteiger partial charge in [0.15, 0.2) is 15.0 Å². The van der Waals surface area contributed by atoms with Gasteiger partial charge >= 0.3 is 0 Å². The molecule has 0 N–H and O–H groups in total. The maximum absolute atomic E-state index is 13.8. The number of ether oxygens (including phenoxy) is 1. The molecule has 1 amide bonds. The van der Waals surface area contributed by atoms with Crippen LogP contribution in [-0.2, 0) is 16.4 Å². The molecule has 0 atom stereocenters. The van der Waals surface area contributed by atoms with E-state index in [2.05, 4.69) is 5.10 Å². The van der Waals surface area contributed by atoms with Crippen LogP contribution in [0.5, 0.6) is 5.75 Å². The minimum atomic E-state index is -3.53. The fraction of sp³-hybridized carbons (Fsp3) is 0.346. The first-order valence-electron chi connectivity index (χ1n) is 11.8. The zero-order valence-electron chi connectivity index (χ0n) is 21.1. The van der Waals surface area contributed by atoms with Crippen LogP contribution >= 0.6 is 11.3 Å². The van der Waals surface area contributed by atoms with Gasteiger partial charge in [-0.1, -0.05) is 23.5 Å². The van der Waals surface area contributed by atoms with E-state index < -0.39 is 15.1 Å². The summed E-state index contributed by atoms with van der Waals surface area (Å²) >= 11 is 1.39. The van der Waals surface area contributed by atoms with Gasteiger partial charge in [0.2, 0.25) is 0 Å². The van der Waals surface area contributed by atoms with Crippen LogP contribution < -0.4 is 9.64 Å². The van der Waals surface area contributed by atoms with Gasteiger partial charge in [-0.25, -0.2) is 13.4 Å². The number of sulfone groups is 1. The number of benzene rings is 2. The summed E-state index contributed by atoms with van der Waals surface area (Å²) in [6.07, 6.45) is 0. The molecule has 2 aromatic heterocycles. The summed E-state index contributed by atoms with van der Waals surface area (Å²) in [5.74, 6) is 0.336. The molecule has 4 rings (SSSR count). The molecule has 0 aliphatic carbocycles. The molecule has 0 bridgehead atoms. The number of fused-ring (bicyclic) bond motifs is 1. The predicted octanol–water partition coefficient (Wildman–Crippen LogP) is 5.04. The zero-order valence-corrected chi connectivity index (χ0v) is 22.7. The first-order valence-corrected chi connectivity index (χ1v) is 14.2. The predicted molar refractivity (Wildman–Crippen MR) is 143 cm³/mol. The summed E-state index contributed by atoms with van der Waals surface area (Å²) in [6, 6.07) is 13.9. The van der Waals surface area contributed by atoms with Crippen molar-refractivity contribution in [1.29, 1.82) is 0 Å². The highest BCUT2D eigenvalue weighted by molar-refractivity contribution is 7.92. The summed E-state index contributed by atoms with van der Waals surface area (Å²) in [4.78, 5) is 20.3. The topological polar surface area (TPSA) is 94.4 Å². The van der Waals surface area contributed by atoms with Gasteiger partial charge < -0.3 is 4.74 Å². The van der Waals surface area contributed by atoms with Gasteiger partial charge in [-0.05, 0) is 71.0 Å². The molecule has 36 heavy (non-hydrogen) atoms. The number of aryl methyl sites for hydroxylation is 2. The number of amides is 1. The number of para-hydroxylation sites is 1. The highest BCUT2D eigenvalue weighted by Gasteiger charge is 2.25. The van der Waals surface area contributed by atoms with E-state index >= 15 is 0 Å². The smallest absolute Gasteiger partial charge is 0.260 e. The van der Waals surface area contributed by atoms with Crippen molar-refractivity contribution in [1.82, 2.24) is 14.8 Å². The second-order valence-electron chi connectivity index (χ2n) is 8.76. The summed E-state index contributed by atoms with van der Waals surface area (Å²) in [5, 5.41) is 4.44. The largest absolute Gasteiger partial charge is 0.492 e. The van der Waals surface area contributed by atoms with Crippen LogP contribution in [0.25, 0.3) is 10.2 Å². The van der Waals surface area contributed by atoms with Crippen molar-refractivity contribution in [2.75, 3.05) is 18.1 Å². The summed E-state index contributed by atoms with van der Waals surface area (Å²) in [5.41, 5.74) is 2.87. The molecule has 2 aromatic carbocycles. The highest BCUT2D eigenvalue weighted by atomic mass is 32.2. The average molecular weight is 527 g/mol. The van der Waals surface area contributed by atoms with E-state index in [0.717, 1.165) is 16.1 Å². The molecule has 8 nitrogen and oxygen atoms in total. The number of rotatable bonds is 9. The van der Waals surface area contributed by atoms with Crippen LogP contribution in [0, 0.1) is 13.8 Å². The van der Waals surface area contributed by atoms with Gasteiger partial charge in [-0.2, -0.15) is 5.10 Å². The van der Waals surface area contributed by atoms with Crippen LogP contribution in [0.4, 0.5) is 5.13 Å². The molecule has 0 radical (unpaired) electrons. The molecular weight excluding hydrogens is 496 g/mol. The summed E-state index contributed by atoms with van der Waals surface area (Å²) < 4.78 is 34.0. The minimum Gasteiger partial charge on any atom is -0.492 e. The van der Waals surface area contributed by atoms with Crippen LogP contribution in [0.1, 0.15) is 42.5 Å². The highest BCUT2D eigenvalue weighted by Crippen LogP contribution is 2.35. The fourth-order valence-corrected chi connectivity index (χ4v) is 6.02. The number of nitrogens with zero attached hydrogens (tertiary/aromatic N) is 4. The van der Waals surface area contributed by atoms with Crippen molar-refractivity contribution < 1.29 is 17.9 Å². The van der Waals surface area contributed by atoms with Gasteiger partial charge in [0.05, 0.1) is 33.7 Å². The van der Waals surface area contributed by atoms with Crippen molar-refractivity contribution in [3.05, 3.63) is 65.5 Å². The Balaban J connectivity index is 1.76. The Kier molecular flexibility index (Phi) is 7.46. The van der Waals surface area contributed by atoms with Crippen molar-refractivity contribution in [2.45, 2.75) is 51.3 Å². The fourth-order valence-electron chi connectivity index (χ4n) is 3.91. The maximum Gasteiger partial charge on any atom is 0.260 e. The number of carbonyl (C=O) groups excluding carboxylic acids is 1. The van der Waals surface area contributed by atoms with Gasteiger partial charge in [0.25, 0.3) is 5.91 Å². The second kappa shape index (κ2) is 10.4. The number of hydrogen-bond acceptors (Lipinski definition) is 7. The van der Waals surface area contributed by atoms with E-state index in [1.54, 1.807) is 30.9 Å². The molecular formula is C26H30N4O4S2. The van der Waals surface area contributed by atoms with Gasteiger partial charge in [0, 0.05) is 17.8 Å². The number of carbonyl (C=O) groups is 1. The molecule has 0 saturated carbocycles. The summed E-state index contributed by atoms with van der Waals surface area (Å²) in [6.45, 7) is 10.3. The van der Waals surface area contributed by atoms with Crippen molar-refractivity contribution in [2.24, 2.45) is 0 Å². The lowest BCUT2D eigenvalue weighted by Crippen LogP contribution is -2.34. The minimum absolute atomic E-state index is 0.129. The number of thiazole rings is 1. The Morgan fingerprint density at radius 1 is 1.14 bits per heavy atom. The van der Waals surface area contributed by atoms with E-state index in [-0.39, 0.29) is 16.4 Å². The number of anilines is 1. The van der Waals surface area contributed by atoms with Gasteiger partial charge in [-0.15, -0.1) is 0 Å². The van der Waals surface area contributed by atoms with Crippen molar-refractivity contribution in [3.63, 3.8) is 0 Å². The van der Waals surface area contributed by atoms with Crippen molar-refractivity contribution in [3.8, 4) is 5.75 Å². The Bertz CT molecular complexity index is 1510. The molecule has 10 heteroatoms. The normalized spacial score (nSPS) is 11.8.